The van der Waals surface area contributed by atoms with Crippen LogP contribution in [0.4, 0.5) is 5.82 Å². The van der Waals surface area contributed by atoms with Crippen LogP contribution in [-0.2, 0) is 23.1 Å². The van der Waals surface area contributed by atoms with E-state index in [1.807, 2.05) is 32.0 Å². The highest BCUT2D eigenvalue weighted by Crippen LogP contribution is 2.25. The van der Waals surface area contributed by atoms with Crippen LogP contribution in [0.25, 0.3) is 0 Å². The molecule has 0 unspecified atom stereocenters. The van der Waals surface area contributed by atoms with E-state index in [1.54, 1.807) is 43.9 Å². The van der Waals surface area contributed by atoms with Crippen LogP contribution in [0.2, 0.25) is 0 Å². The number of ether oxygens (including phenoxy) is 1. The number of amides is 2. The number of benzene rings is 1. The summed E-state index contributed by atoms with van der Waals surface area (Å²) < 4.78 is 7.56. The van der Waals surface area contributed by atoms with Crippen LogP contribution in [0, 0.1) is 5.92 Å². The largest absolute Gasteiger partial charge is 0.460 e. The smallest absolute Gasteiger partial charge is 0.251 e. The standard InChI is InChI=1S/C24H32N4O4/c1-16(2)11-20(23(30)25-21-9-10-27(5)26-21)28-15-19(13-22(28)29)32-18-8-6-7-17(12-18)14-24(3,4)31/h6-10,12-13,16,20,31H,11,14-15H2,1-5H3,(H,25,26,30)/t20-/m0/s1. The Labute approximate surface area is 188 Å². The van der Waals surface area contributed by atoms with Gasteiger partial charge in [0, 0.05) is 31.8 Å². The number of nitrogens with zero attached hydrogens (tertiary/aromatic N) is 3. The Morgan fingerprint density at radius 1 is 1.31 bits per heavy atom. The quantitative estimate of drug-likeness (QED) is 0.625. The Balaban J connectivity index is 1.70. The maximum Gasteiger partial charge on any atom is 0.251 e. The number of anilines is 1. The van der Waals surface area contributed by atoms with Gasteiger partial charge in [-0.1, -0.05) is 26.0 Å². The molecule has 2 amide bonds. The Morgan fingerprint density at radius 2 is 2.06 bits per heavy atom. The lowest BCUT2D eigenvalue weighted by molar-refractivity contribution is -0.133. The van der Waals surface area contributed by atoms with Crippen molar-refractivity contribution in [2.24, 2.45) is 13.0 Å². The maximum absolute atomic E-state index is 13.0. The van der Waals surface area contributed by atoms with Gasteiger partial charge in [0.1, 0.15) is 17.6 Å². The molecule has 8 heteroatoms. The van der Waals surface area contributed by atoms with Crippen LogP contribution in [0.5, 0.6) is 5.75 Å². The predicted octanol–water partition coefficient (Wildman–Crippen LogP) is 2.89. The molecule has 0 spiro atoms. The number of hydrogen-bond donors (Lipinski definition) is 2. The van der Waals surface area contributed by atoms with Gasteiger partial charge in [0.05, 0.1) is 12.1 Å². The van der Waals surface area contributed by atoms with E-state index in [1.165, 1.54) is 11.0 Å². The van der Waals surface area contributed by atoms with Gasteiger partial charge in [0.15, 0.2) is 5.82 Å². The van der Waals surface area contributed by atoms with Crippen molar-refractivity contribution in [1.82, 2.24) is 14.7 Å². The number of aliphatic hydroxyl groups is 1. The molecule has 2 aromatic rings. The topological polar surface area (TPSA) is 96.7 Å². The monoisotopic (exact) mass is 440 g/mol. The summed E-state index contributed by atoms with van der Waals surface area (Å²) in [5.74, 6) is 1.21. The third-order valence-corrected chi connectivity index (χ3v) is 5.02. The fourth-order valence-electron chi connectivity index (χ4n) is 3.72. The Morgan fingerprint density at radius 3 is 2.69 bits per heavy atom. The minimum absolute atomic E-state index is 0.210. The molecule has 1 aromatic heterocycles. The highest BCUT2D eigenvalue weighted by atomic mass is 16.5. The van der Waals surface area contributed by atoms with Gasteiger partial charge in [-0.15, -0.1) is 0 Å². The van der Waals surface area contributed by atoms with Crippen molar-refractivity contribution in [3.05, 3.63) is 53.9 Å². The third-order valence-electron chi connectivity index (χ3n) is 5.02. The molecule has 0 bridgehead atoms. The highest BCUT2D eigenvalue weighted by molar-refractivity contribution is 5.99. The van der Waals surface area contributed by atoms with Crippen LogP contribution in [0.1, 0.15) is 39.7 Å². The van der Waals surface area contributed by atoms with Crippen molar-refractivity contribution in [1.29, 1.82) is 0 Å². The van der Waals surface area contributed by atoms with Crippen molar-refractivity contribution in [3.63, 3.8) is 0 Å². The molecule has 0 aliphatic carbocycles. The van der Waals surface area contributed by atoms with Gasteiger partial charge in [-0.25, -0.2) is 0 Å². The zero-order valence-corrected chi connectivity index (χ0v) is 19.3. The lowest BCUT2D eigenvalue weighted by atomic mass is 9.99. The second kappa shape index (κ2) is 9.56. The third kappa shape index (κ3) is 6.43. The molecule has 172 valence electrons. The van der Waals surface area contributed by atoms with Gasteiger partial charge in [0.25, 0.3) is 5.91 Å². The number of nitrogens with one attached hydrogen (secondary N) is 1. The van der Waals surface area contributed by atoms with E-state index in [-0.39, 0.29) is 24.3 Å². The zero-order chi connectivity index (χ0) is 23.5. The molecule has 2 N–H and O–H groups in total. The van der Waals surface area contributed by atoms with E-state index in [9.17, 15) is 14.7 Å². The first kappa shape index (κ1) is 23.5. The fraction of sp³-hybridized carbons (Fsp3) is 0.458. The molecule has 1 atom stereocenters. The molecule has 1 aliphatic rings. The predicted molar refractivity (Wildman–Crippen MR) is 122 cm³/mol. The molecule has 1 aromatic carbocycles. The summed E-state index contributed by atoms with van der Waals surface area (Å²) in [5, 5.41) is 17.1. The lowest BCUT2D eigenvalue weighted by Gasteiger charge is -2.28. The number of hydrogen-bond acceptors (Lipinski definition) is 5. The zero-order valence-electron chi connectivity index (χ0n) is 19.3. The van der Waals surface area contributed by atoms with Crippen LogP contribution < -0.4 is 10.1 Å². The average molecular weight is 441 g/mol. The van der Waals surface area contributed by atoms with E-state index in [0.717, 1.165) is 5.56 Å². The highest BCUT2D eigenvalue weighted by Gasteiger charge is 2.35. The second-order valence-electron chi connectivity index (χ2n) is 9.32. The summed E-state index contributed by atoms with van der Waals surface area (Å²) in [6.07, 6.45) is 4.18. The Hall–Kier alpha value is -3.13. The van der Waals surface area contributed by atoms with E-state index in [4.69, 9.17) is 4.74 Å². The van der Waals surface area contributed by atoms with Crippen LogP contribution in [0.15, 0.2) is 48.4 Å². The van der Waals surface area contributed by atoms with E-state index in [0.29, 0.717) is 30.2 Å². The van der Waals surface area contributed by atoms with Gasteiger partial charge in [-0.2, -0.15) is 5.10 Å². The summed E-state index contributed by atoms with van der Waals surface area (Å²) >= 11 is 0. The molecule has 1 aliphatic heterocycles. The SMILES string of the molecule is CC(C)C[C@@H](C(=O)Nc1ccn(C)n1)N1CC(Oc2cccc(CC(C)(C)O)c2)=CC1=O. The maximum atomic E-state index is 13.0. The van der Waals surface area contributed by atoms with Gasteiger partial charge < -0.3 is 20.1 Å². The Bertz CT molecular complexity index is 1000. The number of aromatic nitrogens is 2. The van der Waals surface area contributed by atoms with Crippen molar-refractivity contribution < 1.29 is 19.4 Å². The van der Waals surface area contributed by atoms with Gasteiger partial charge in [-0.3, -0.25) is 14.3 Å². The van der Waals surface area contributed by atoms with Crippen LogP contribution >= 0.6 is 0 Å². The minimum atomic E-state index is -0.830. The first-order chi connectivity index (χ1) is 15.0. The number of carbonyl (C=O) groups excluding carboxylic acids is 2. The average Bonchev–Trinajstić information content (AvgIpc) is 3.23. The Kier molecular flexibility index (Phi) is 7.03. The molecule has 0 saturated carbocycles. The van der Waals surface area contributed by atoms with Gasteiger partial charge in [-0.05, 0) is 43.9 Å². The van der Waals surface area contributed by atoms with Crippen LogP contribution in [-0.4, -0.2) is 49.8 Å². The molecule has 2 heterocycles. The number of carbonyl (C=O) groups is 2. The van der Waals surface area contributed by atoms with Crippen molar-refractivity contribution in [2.75, 3.05) is 11.9 Å². The summed E-state index contributed by atoms with van der Waals surface area (Å²) in [4.78, 5) is 27.3. The van der Waals surface area contributed by atoms with Crippen molar-refractivity contribution in [2.45, 2.75) is 52.2 Å². The van der Waals surface area contributed by atoms with Gasteiger partial charge >= 0.3 is 0 Å². The molecule has 3 rings (SSSR count). The lowest BCUT2D eigenvalue weighted by Crippen LogP contribution is -2.46. The fourth-order valence-corrected chi connectivity index (χ4v) is 3.72. The molecular formula is C24H32N4O4. The van der Waals surface area contributed by atoms with Crippen molar-refractivity contribution >= 4 is 17.6 Å². The van der Waals surface area contributed by atoms with E-state index >= 15 is 0 Å². The van der Waals surface area contributed by atoms with Crippen molar-refractivity contribution in [3.8, 4) is 5.75 Å². The minimum Gasteiger partial charge on any atom is -0.460 e. The molecule has 0 radical (unpaired) electrons. The van der Waals surface area contributed by atoms with Crippen LogP contribution in [0.3, 0.4) is 0 Å². The summed E-state index contributed by atoms with van der Waals surface area (Å²) in [5.41, 5.74) is 0.104. The normalized spacial score (nSPS) is 15.2. The molecule has 0 saturated heterocycles. The summed E-state index contributed by atoms with van der Waals surface area (Å²) in [6.45, 7) is 7.74. The second-order valence-corrected chi connectivity index (χ2v) is 9.32. The summed E-state index contributed by atoms with van der Waals surface area (Å²) in [7, 11) is 1.77. The van der Waals surface area contributed by atoms with E-state index in [2.05, 4.69) is 10.4 Å². The number of aryl methyl sites for hydroxylation is 1. The first-order valence-corrected chi connectivity index (χ1v) is 10.8. The van der Waals surface area contributed by atoms with E-state index < -0.39 is 11.6 Å². The molecular weight excluding hydrogens is 408 g/mol. The first-order valence-electron chi connectivity index (χ1n) is 10.8. The molecule has 8 nitrogen and oxygen atoms in total. The summed E-state index contributed by atoms with van der Waals surface area (Å²) in [6, 6.07) is 8.51. The molecule has 32 heavy (non-hydrogen) atoms. The van der Waals surface area contributed by atoms with Gasteiger partial charge in [0.2, 0.25) is 5.91 Å². The number of rotatable bonds is 9. The molecule has 0 fully saturated rings.